The topological polar surface area (TPSA) is 69.6 Å². The molecule has 0 saturated heterocycles. The second kappa shape index (κ2) is 5.79. The van der Waals surface area contributed by atoms with E-state index in [9.17, 15) is 9.18 Å². The molecular formula is C11H15BFNO3. The Kier molecular flexibility index (Phi) is 4.66. The van der Waals surface area contributed by atoms with Gasteiger partial charge in [0.1, 0.15) is 5.82 Å². The summed E-state index contributed by atoms with van der Waals surface area (Å²) in [7, 11) is -1.89. The quantitative estimate of drug-likeness (QED) is 0.669. The van der Waals surface area contributed by atoms with Crippen molar-refractivity contribution < 1.29 is 19.2 Å². The van der Waals surface area contributed by atoms with Crippen molar-refractivity contribution in [3.05, 3.63) is 24.0 Å². The lowest BCUT2D eigenvalue weighted by Crippen LogP contribution is -2.33. The van der Waals surface area contributed by atoms with Crippen LogP contribution >= 0.6 is 0 Å². The second-order valence-electron chi connectivity index (χ2n) is 4.26. The van der Waals surface area contributed by atoms with E-state index in [0.717, 1.165) is 6.07 Å². The van der Waals surface area contributed by atoms with Crippen LogP contribution in [-0.4, -0.2) is 23.1 Å². The summed E-state index contributed by atoms with van der Waals surface area (Å²) in [5.74, 6) is -0.690. The number of hydrogen-bond donors (Lipinski definition) is 3. The second-order valence-corrected chi connectivity index (χ2v) is 4.26. The standard InChI is InChI=1S/C11H15BFNO3/c1-7(2)5-11(15)14-8-3-4-10(13)9(6-8)12(16)17/h3-4,6-7,16-17H,5H2,1-2H3,(H,14,15). The molecule has 1 aromatic rings. The molecule has 0 atom stereocenters. The van der Waals surface area contributed by atoms with Gasteiger partial charge in [-0.2, -0.15) is 0 Å². The summed E-state index contributed by atoms with van der Waals surface area (Å²) in [6.45, 7) is 3.82. The Balaban J connectivity index is 2.79. The minimum atomic E-state index is -1.89. The van der Waals surface area contributed by atoms with Gasteiger partial charge in [-0.25, -0.2) is 4.39 Å². The van der Waals surface area contributed by atoms with Crippen molar-refractivity contribution in [3.63, 3.8) is 0 Å². The predicted molar refractivity (Wildman–Crippen MR) is 64.3 cm³/mol. The Hall–Kier alpha value is -1.40. The van der Waals surface area contributed by atoms with E-state index in [1.165, 1.54) is 12.1 Å². The van der Waals surface area contributed by atoms with Crippen LogP contribution in [0, 0.1) is 11.7 Å². The van der Waals surface area contributed by atoms with Crippen LogP contribution in [0.25, 0.3) is 0 Å². The van der Waals surface area contributed by atoms with Crippen LogP contribution in [0.2, 0.25) is 0 Å². The molecule has 0 spiro atoms. The van der Waals surface area contributed by atoms with E-state index in [0.29, 0.717) is 12.1 Å². The first-order chi connectivity index (χ1) is 7.90. The summed E-state index contributed by atoms with van der Waals surface area (Å²) in [6.07, 6.45) is 0.356. The maximum atomic E-state index is 13.1. The molecule has 0 fully saturated rings. The fraction of sp³-hybridized carbons (Fsp3) is 0.364. The molecule has 1 rings (SSSR count). The number of halogens is 1. The molecule has 0 saturated carbocycles. The maximum absolute atomic E-state index is 13.1. The first-order valence-electron chi connectivity index (χ1n) is 5.35. The third-order valence-corrected chi connectivity index (χ3v) is 2.15. The molecule has 0 aliphatic rings. The van der Waals surface area contributed by atoms with Crippen molar-refractivity contribution in [1.29, 1.82) is 0 Å². The van der Waals surface area contributed by atoms with E-state index >= 15 is 0 Å². The molecule has 0 heterocycles. The Bertz CT molecular complexity index is 410. The van der Waals surface area contributed by atoms with Gasteiger partial charge in [-0.15, -0.1) is 0 Å². The fourth-order valence-electron chi connectivity index (χ4n) is 1.40. The molecule has 6 heteroatoms. The van der Waals surface area contributed by atoms with Crippen molar-refractivity contribution in [2.45, 2.75) is 20.3 Å². The molecule has 1 aromatic carbocycles. The minimum absolute atomic E-state index is 0.190. The van der Waals surface area contributed by atoms with Crippen molar-refractivity contribution in [2.75, 3.05) is 5.32 Å². The van der Waals surface area contributed by atoms with Crippen molar-refractivity contribution in [1.82, 2.24) is 0 Å². The van der Waals surface area contributed by atoms with Gasteiger partial charge in [0, 0.05) is 17.6 Å². The van der Waals surface area contributed by atoms with Gasteiger partial charge in [0.15, 0.2) is 0 Å². The highest BCUT2D eigenvalue weighted by molar-refractivity contribution is 6.58. The number of carbonyl (C=O) groups excluding carboxylic acids is 1. The van der Waals surface area contributed by atoms with E-state index in [1.54, 1.807) is 0 Å². The normalized spacial score (nSPS) is 10.5. The molecule has 17 heavy (non-hydrogen) atoms. The summed E-state index contributed by atoms with van der Waals surface area (Å²) < 4.78 is 13.1. The summed E-state index contributed by atoms with van der Waals surface area (Å²) >= 11 is 0. The molecule has 0 unspecified atom stereocenters. The highest BCUT2D eigenvalue weighted by Gasteiger charge is 2.17. The number of nitrogens with one attached hydrogen (secondary N) is 1. The first-order valence-corrected chi connectivity index (χ1v) is 5.35. The summed E-state index contributed by atoms with van der Waals surface area (Å²) in [5, 5.41) is 20.4. The summed E-state index contributed by atoms with van der Waals surface area (Å²) in [4.78, 5) is 11.5. The van der Waals surface area contributed by atoms with Crippen molar-refractivity contribution >= 4 is 24.2 Å². The average Bonchev–Trinajstić information content (AvgIpc) is 2.19. The molecule has 3 N–H and O–H groups in total. The Morgan fingerprint density at radius 3 is 2.65 bits per heavy atom. The molecule has 0 aliphatic heterocycles. The van der Waals surface area contributed by atoms with Crippen molar-refractivity contribution in [2.24, 2.45) is 5.92 Å². The molecule has 0 aliphatic carbocycles. The van der Waals surface area contributed by atoms with Crippen LogP contribution in [0.15, 0.2) is 18.2 Å². The lowest BCUT2D eigenvalue weighted by Gasteiger charge is -2.09. The SMILES string of the molecule is CC(C)CC(=O)Nc1ccc(F)c(B(O)O)c1. The monoisotopic (exact) mass is 239 g/mol. The van der Waals surface area contributed by atoms with Crippen LogP contribution in [-0.2, 0) is 4.79 Å². The molecule has 0 aromatic heterocycles. The molecule has 4 nitrogen and oxygen atoms in total. The minimum Gasteiger partial charge on any atom is -0.423 e. The number of amides is 1. The Morgan fingerprint density at radius 2 is 2.12 bits per heavy atom. The van der Waals surface area contributed by atoms with Gasteiger partial charge in [-0.05, 0) is 24.1 Å². The van der Waals surface area contributed by atoms with E-state index in [4.69, 9.17) is 10.0 Å². The highest BCUT2D eigenvalue weighted by Crippen LogP contribution is 2.09. The van der Waals surface area contributed by atoms with Crippen LogP contribution in [0.1, 0.15) is 20.3 Å². The molecular weight excluding hydrogens is 224 g/mol. The zero-order valence-corrected chi connectivity index (χ0v) is 9.77. The van der Waals surface area contributed by atoms with Gasteiger partial charge in [0.25, 0.3) is 0 Å². The van der Waals surface area contributed by atoms with Gasteiger partial charge in [-0.3, -0.25) is 4.79 Å². The van der Waals surface area contributed by atoms with Gasteiger partial charge < -0.3 is 15.4 Å². The fourth-order valence-corrected chi connectivity index (χ4v) is 1.40. The number of hydrogen-bond acceptors (Lipinski definition) is 3. The third kappa shape index (κ3) is 4.16. The number of benzene rings is 1. The summed E-state index contributed by atoms with van der Waals surface area (Å²) in [5.41, 5.74) is 0.0903. The Labute approximate surface area is 99.6 Å². The van der Waals surface area contributed by atoms with E-state index in [2.05, 4.69) is 5.32 Å². The zero-order chi connectivity index (χ0) is 13.0. The molecule has 1 amide bonds. The zero-order valence-electron chi connectivity index (χ0n) is 9.77. The van der Waals surface area contributed by atoms with Crippen LogP contribution in [0.3, 0.4) is 0 Å². The van der Waals surface area contributed by atoms with E-state index in [1.807, 2.05) is 13.8 Å². The van der Waals surface area contributed by atoms with Gasteiger partial charge in [0.05, 0.1) is 0 Å². The van der Waals surface area contributed by atoms with E-state index < -0.39 is 12.9 Å². The van der Waals surface area contributed by atoms with Gasteiger partial charge in [0.2, 0.25) is 5.91 Å². The largest absolute Gasteiger partial charge is 0.491 e. The molecule has 0 bridgehead atoms. The molecule has 92 valence electrons. The third-order valence-electron chi connectivity index (χ3n) is 2.15. The molecule has 0 radical (unpaired) electrons. The average molecular weight is 239 g/mol. The lowest BCUT2D eigenvalue weighted by molar-refractivity contribution is -0.116. The van der Waals surface area contributed by atoms with Crippen molar-refractivity contribution in [3.8, 4) is 0 Å². The number of rotatable bonds is 4. The maximum Gasteiger partial charge on any atom is 0.491 e. The number of anilines is 1. The van der Waals surface area contributed by atoms with Gasteiger partial charge >= 0.3 is 7.12 Å². The van der Waals surface area contributed by atoms with Crippen LogP contribution < -0.4 is 10.8 Å². The first kappa shape index (κ1) is 13.7. The number of carbonyl (C=O) groups is 1. The predicted octanol–water partition coefficient (Wildman–Crippen LogP) is 0.490. The van der Waals surface area contributed by atoms with Crippen LogP contribution in [0.4, 0.5) is 10.1 Å². The Morgan fingerprint density at radius 1 is 1.47 bits per heavy atom. The van der Waals surface area contributed by atoms with Gasteiger partial charge in [-0.1, -0.05) is 13.8 Å². The smallest absolute Gasteiger partial charge is 0.423 e. The van der Waals surface area contributed by atoms with Crippen LogP contribution in [0.5, 0.6) is 0 Å². The van der Waals surface area contributed by atoms with E-state index in [-0.39, 0.29) is 17.3 Å². The lowest BCUT2D eigenvalue weighted by atomic mass is 9.79. The highest BCUT2D eigenvalue weighted by atomic mass is 19.1. The summed E-state index contributed by atoms with van der Waals surface area (Å²) in [6, 6.07) is 3.66.